The standard InChI is InChI=1S/C11H16BrNS/c1-13(10-4-2-3-5-10)7-11-6-9(12)8-14-11/h6,8,10H,2-5,7H2,1H3. The molecule has 3 heteroatoms. The molecule has 1 saturated carbocycles. The van der Waals surface area contributed by atoms with Gasteiger partial charge in [-0.25, -0.2) is 0 Å². The highest BCUT2D eigenvalue weighted by molar-refractivity contribution is 9.10. The largest absolute Gasteiger partial charge is 0.298 e. The van der Waals surface area contributed by atoms with Crippen LogP contribution in [-0.4, -0.2) is 18.0 Å². The van der Waals surface area contributed by atoms with Crippen LogP contribution in [-0.2, 0) is 6.54 Å². The molecule has 78 valence electrons. The highest BCUT2D eigenvalue weighted by Gasteiger charge is 2.19. The molecule has 0 amide bonds. The van der Waals surface area contributed by atoms with E-state index >= 15 is 0 Å². The molecular weight excluding hydrogens is 258 g/mol. The van der Waals surface area contributed by atoms with Crippen LogP contribution in [0.1, 0.15) is 30.6 Å². The lowest BCUT2D eigenvalue weighted by atomic mass is 10.2. The van der Waals surface area contributed by atoms with Crippen LogP contribution in [0.15, 0.2) is 15.9 Å². The number of halogens is 1. The molecule has 1 aliphatic carbocycles. The Morgan fingerprint density at radius 3 is 2.79 bits per heavy atom. The van der Waals surface area contributed by atoms with Crippen LogP contribution in [0.3, 0.4) is 0 Å². The molecule has 1 heterocycles. The molecular formula is C11H16BrNS. The number of hydrogen-bond acceptors (Lipinski definition) is 2. The zero-order chi connectivity index (χ0) is 9.97. The summed E-state index contributed by atoms with van der Waals surface area (Å²) in [6.45, 7) is 1.11. The van der Waals surface area contributed by atoms with Crippen LogP contribution in [0.5, 0.6) is 0 Å². The van der Waals surface area contributed by atoms with Crippen molar-refractivity contribution in [3.63, 3.8) is 0 Å². The first-order valence-electron chi connectivity index (χ1n) is 5.19. The Morgan fingerprint density at radius 1 is 1.50 bits per heavy atom. The molecule has 14 heavy (non-hydrogen) atoms. The molecule has 1 aromatic heterocycles. The zero-order valence-corrected chi connectivity index (χ0v) is 10.9. The molecule has 2 rings (SSSR count). The lowest BCUT2D eigenvalue weighted by Gasteiger charge is -2.23. The summed E-state index contributed by atoms with van der Waals surface area (Å²) >= 11 is 5.35. The quantitative estimate of drug-likeness (QED) is 0.808. The third-order valence-electron chi connectivity index (χ3n) is 2.98. The van der Waals surface area contributed by atoms with Crippen molar-refractivity contribution in [3.05, 3.63) is 20.8 Å². The summed E-state index contributed by atoms with van der Waals surface area (Å²) in [5.74, 6) is 0. The third-order valence-corrected chi connectivity index (χ3v) is 4.66. The molecule has 1 nitrogen and oxygen atoms in total. The van der Waals surface area contributed by atoms with Gasteiger partial charge in [0.2, 0.25) is 0 Å². The van der Waals surface area contributed by atoms with E-state index in [1.807, 2.05) is 11.3 Å². The van der Waals surface area contributed by atoms with Crippen molar-refractivity contribution in [2.75, 3.05) is 7.05 Å². The Hall–Kier alpha value is 0.140. The van der Waals surface area contributed by atoms with Gasteiger partial charge in [0.1, 0.15) is 0 Å². The summed E-state index contributed by atoms with van der Waals surface area (Å²) in [6.07, 6.45) is 5.62. The molecule has 0 spiro atoms. The number of hydrogen-bond donors (Lipinski definition) is 0. The molecule has 0 aromatic carbocycles. The van der Waals surface area contributed by atoms with Crippen molar-refractivity contribution >= 4 is 27.3 Å². The third kappa shape index (κ3) is 2.59. The molecule has 0 atom stereocenters. The Morgan fingerprint density at radius 2 is 2.21 bits per heavy atom. The van der Waals surface area contributed by atoms with Gasteiger partial charge in [0.25, 0.3) is 0 Å². The molecule has 0 radical (unpaired) electrons. The van der Waals surface area contributed by atoms with Crippen LogP contribution in [0, 0.1) is 0 Å². The average molecular weight is 274 g/mol. The van der Waals surface area contributed by atoms with E-state index in [0.717, 1.165) is 12.6 Å². The monoisotopic (exact) mass is 273 g/mol. The van der Waals surface area contributed by atoms with E-state index < -0.39 is 0 Å². The van der Waals surface area contributed by atoms with Crippen LogP contribution < -0.4 is 0 Å². The average Bonchev–Trinajstić information content (AvgIpc) is 2.75. The SMILES string of the molecule is CN(Cc1cc(Br)cs1)C1CCCC1. The van der Waals surface area contributed by atoms with Crippen molar-refractivity contribution in [2.24, 2.45) is 0 Å². The number of rotatable bonds is 3. The fraction of sp³-hybridized carbons (Fsp3) is 0.636. The van der Waals surface area contributed by atoms with Gasteiger partial charge < -0.3 is 0 Å². The number of thiophene rings is 1. The minimum atomic E-state index is 0.830. The van der Waals surface area contributed by atoms with Crippen molar-refractivity contribution in [1.29, 1.82) is 0 Å². The van der Waals surface area contributed by atoms with E-state index in [2.05, 4.69) is 39.3 Å². The molecule has 1 fully saturated rings. The highest BCUT2D eigenvalue weighted by atomic mass is 79.9. The maximum Gasteiger partial charge on any atom is 0.0328 e. The van der Waals surface area contributed by atoms with E-state index in [-0.39, 0.29) is 0 Å². The van der Waals surface area contributed by atoms with Crippen LogP contribution in [0.25, 0.3) is 0 Å². The topological polar surface area (TPSA) is 3.24 Å². The smallest absolute Gasteiger partial charge is 0.0328 e. The summed E-state index contributed by atoms with van der Waals surface area (Å²) in [6, 6.07) is 3.06. The second-order valence-corrected chi connectivity index (χ2v) is 6.00. The summed E-state index contributed by atoms with van der Waals surface area (Å²) in [4.78, 5) is 3.97. The molecule has 1 aliphatic rings. The van der Waals surface area contributed by atoms with Gasteiger partial charge in [0, 0.05) is 27.3 Å². The molecule has 0 aliphatic heterocycles. The first-order valence-corrected chi connectivity index (χ1v) is 6.86. The van der Waals surface area contributed by atoms with Gasteiger partial charge in [-0.1, -0.05) is 12.8 Å². The van der Waals surface area contributed by atoms with Gasteiger partial charge in [0.05, 0.1) is 0 Å². The van der Waals surface area contributed by atoms with Crippen molar-refractivity contribution in [3.8, 4) is 0 Å². The molecule has 0 unspecified atom stereocenters. The predicted octanol–water partition coefficient (Wildman–Crippen LogP) is 3.89. The minimum absolute atomic E-state index is 0.830. The maximum absolute atomic E-state index is 3.50. The fourth-order valence-corrected chi connectivity index (χ4v) is 3.67. The van der Waals surface area contributed by atoms with Crippen LogP contribution in [0.4, 0.5) is 0 Å². The lowest BCUT2D eigenvalue weighted by molar-refractivity contribution is 0.239. The van der Waals surface area contributed by atoms with Crippen molar-refractivity contribution in [1.82, 2.24) is 4.90 Å². The highest BCUT2D eigenvalue weighted by Crippen LogP contribution is 2.26. The summed E-state index contributed by atoms with van der Waals surface area (Å²) < 4.78 is 1.22. The van der Waals surface area contributed by atoms with E-state index in [0.29, 0.717) is 0 Å². The van der Waals surface area contributed by atoms with Gasteiger partial charge in [-0.3, -0.25) is 4.90 Å². The number of nitrogens with zero attached hydrogens (tertiary/aromatic N) is 1. The second-order valence-electron chi connectivity index (χ2n) is 4.08. The first-order chi connectivity index (χ1) is 6.75. The molecule has 0 saturated heterocycles. The second kappa shape index (κ2) is 4.77. The van der Waals surface area contributed by atoms with Gasteiger partial charge in [-0.2, -0.15) is 0 Å². The normalized spacial score (nSPS) is 18.2. The van der Waals surface area contributed by atoms with Gasteiger partial charge in [0.15, 0.2) is 0 Å². The van der Waals surface area contributed by atoms with Gasteiger partial charge in [-0.15, -0.1) is 11.3 Å². The van der Waals surface area contributed by atoms with E-state index in [4.69, 9.17) is 0 Å². The van der Waals surface area contributed by atoms with E-state index in [1.165, 1.54) is 35.0 Å². The van der Waals surface area contributed by atoms with Crippen molar-refractivity contribution < 1.29 is 0 Å². The Labute approximate surface area is 98.2 Å². The summed E-state index contributed by atoms with van der Waals surface area (Å²) in [5.41, 5.74) is 0. The summed E-state index contributed by atoms with van der Waals surface area (Å²) in [5, 5.41) is 2.16. The zero-order valence-electron chi connectivity index (χ0n) is 8.50. The van der Waals surface area contributed by atoms with Gasteiger partial charge >= 0.3 is 0 Å². The van der Waals surface area contributed by atoms with Crippen molar-refractivity contribution in [2.45, 2.75) is 38.3 Å². The van der Waals surface area contributed by atoms with Crippen LogP contribution >= 0.6 is 27.3 Å². The lowest BCUT2D eigenvalue weighted by Crippen LogP contribution is -2.28. The van der Waals surface area contributed by atoms with E-state index in [9.17, 15) is 0 Å². The Kier molecular flexibility index (Phi) is 3.63. The predicted molar refractivity (Wildman–Crippen MR) is 65.7 cm³/mol. The fourth-order valence-electron chi connectivity index (χ4n) is 2.16. The van der Waals surface area contributed by atoms with Gasteiger partial charge in [-0.05, 0) is 41.9 Å². The first kappa shape index (κ1) is 10.7. The molecule has 0 bridgehead atoms. The Balaban J connectivity index is 1.90. The minimum Gasteiger partial charge on any atom is -0.298 e. The van der Waals surface area contributed by atoms with Crippen LogP contribution in [0.2, 0.25) is 0 Å². The molecule has 1 aromatic rings. The van der Waals surface area contributed by atoms with E-state index in [1.54, 1.807) is 0 Å². The Bertz CT molecular complexity index is 291. The molecule has 0 N–H and O–H groups in total. The maximum atomic E-state index is 3.50. The summed E-state index contributed by atoms with van der Waals surface area (Å²) in [7, 11) is 2.25.